The summed E-state index contributed by atoms with van der Waals surface area (Å²) in [7, 11) is 0. The largest absolute Gasteiger partial charge is 0.360 e. The number of nitrogens with one attached hydrogen (secondary N) is 1. The smallest absolute Gasteiger partial charge is 0.252 e. The Morgan fingerprint density at radius 1 is 1.14 bits per heavy atom. The lowest BCUT2D eigenvalue weighted by Gasteiger charge is -2.42. The number of hydrogen-bond acceptors (Lipinski definition) is 4. The molecule has 1 aromatic heterocycles. The fourth-order valence-corrected chi connectivity index (χ4v) is 4.65. The highest BCUT2D eigenvalue weighted by atomic mass is 32.2. The average Bonchev–Trinajstić information content (AvgIpc) is 3.12. The molecule has 0 saturated heterocycles. The molecule has 1 N–H and O–H groups in total. The zero-order valence-electron chi connectivity index (χ0n) is 16.0. The van der Waals surface area contributed by atoms with Crippen molar-refractivity contribution in [1.29, 1.82) is 0 Å². The molecular weight excluding hydrogens is 368 g/mol. The Balaban J connectivity index is 1.43. The van der Waals surface area contributed by atoms with Crippen molar-refractivity contribution in [1.82, 2.24) is 10.5 Å². The van der Waals surface area contributed by atoms with Crippen molar-refractivity contribution >= 4 is 17.7 Å². The molecule has 4 rings (SSSR count). The molecule has 1 aliphatic rings. The third kappa shape index (κ3) is 3.99. The van der Waals surface area contributed by atoms with Crippen molar-refractivity contribution < 1.29 is 9.32 Å². The highest BCUT2D eigenvalue weighted by molar-refractivity contribution is 7.98. The van der Waals surface area contributed by atoms with Gasteiger partial charge in [0.25, 0.3) is 5.91 Å². The fraction of sp³-hybridized carbons (Fsp3) is 0.304. The van der Waals surface area contributed by atoms with Gasteiger partial charge in [-0.05, 0) is 37.5 Å². The van der Waals surface area contributed by atoms with Crippen molar-refractivity contribution in [3.8, 4) is 0 Å². The quantitative estimate of drug-likeness (QED) is 0.567. The Labute approximate surface area is 169 Å². The van der Waals surface area contributed by atoms with Gasteiger partial charge in [0.05, 0.1) is 17.0 Å². The summed E-state index contributed by atoms with van der Waals surface area (Å²) in [6.07, 6.45) is 3.46. The van der Waals surface area contributed by atoms with Crippen LogP contribution in [0.3, 0.4) is 0 Å². The van der Waals surface area contributed by atoms with Crippen LogP contribution in [0.5, 0.6) is 0 Å². The van der Waals surface area contributed by atoms with Crippen LogP contribution < -0.4 is 5.32 Å². The van der Waals surface area contributed by atoms with E-state index in [4.69, 9.17) is 4.52 Å². The number of thioether (sulfide) groups is 1. The van der Waals surface area contributed by atoms with Crippen molar-refractivity contribution in [2.45, 2.75) is 42.2 Å². The van der Waals surface area contributed by atoms with Crippen molar-refractivity contribution in [3.63, 3.8) is 0 Å². The second-order valence-corrected chi connectivity index (χ2v) is 8.42. The Bertz CT molecular complexity index is 948. The molecule has 0 bridgehead atoms. The van der Waals surface area contributed by atoms with E-state index in [9.17, 15) is 4.79 Å². The van der Waals surface area contributed by atoms with Gasteiger partial charge in [0.1, 0.15) is 5.76 Å². The van der Waals surface area contributed by atoms with Crippen LogP contribution in [0.2, 0.25) is 0 Å². The Kier molecular flexibility index (Phi) is 5.53. The third-order valence-corrected chi connectivity index (χ3v) is 6.56. The Hall–Kier alpha value is -2.53. The minimum Gasteiger partial charge on any atom is -0.360 e. The summed E-state index contributed by atoms with van der Waals surface area (Å²) in [4.78, 5) is 13.9. The number of nitrogens with zero attached hydrogens (tertiary/aromatic N) is 1. The highest BCUT2D eigenvalue weighted by Crippen LogP contribution is 2.43. The van der Waals surface area contributed by atoms with Gasteiger partial charge in [0.15, 0.2) is 0 Å². The number of carbonyl (C=O) groups is 1. The van der Waals surface area contributed by atoms with E-state index < -0.39 is 0 Å². The number of aromatic nitrogens is 1. The molecule has 1 aliphatic carbocycles. The molecule has 0 spiro atoms. The summed E-state index contributed by atoms with van der Waals surface area (Å²) in [6, 6.07) is 20.2. The van der Waals surface area contributed by atoms with Crippen LogP contribution in [0.15, 0.2) is 70.1 Å². The first-order chi connectivity index (χ1) is 13.7. The van der Waals surface area contributed by atoms with E-state index in [1.165, 1.54) is 12.0 Å². The number of carbonyl (C=O) groups excluding carboxylic acids is 1. The molecule has 0 unspecified atom stereocenters. The maximum absolute atomic E-state index is 12.9. The predicted octanol–water partition coefficient (Wildman–Crippen LogP) is 5.13. The van der Waals surface area contributed by atoms with Gasteiger partial charge in [-0.3, -0.25) is 4.79 Å². The molecule has 144 valence electrons. The first-order valence-electron chi connectivity index (χ1n) is 9.64. The van der Waals surface area contributed by atoms with Crippen LogP contribution in [0, 0.1) is 6.92 Å². The Morgan fingerprint density at radius 2 is 1.89 bits per heavy atom. The molecule has 4 nitrogen and oxygen atoms in total. The lowest BCUT2D eigenvalue weighted by atomic mass is 9.64. The lowest BCUT2D eigenvalue weighted by Crippen LogP contribution is -2.45. The molecule has 0 atom stereocenters. The number of aryl methyl sites for hydroxylation is 1. The molecule has 5 heteroatoms. The molecule has 1 saturated carbocycles. The fourth-order valence-electron chi connectivity index (χ4n) is 3.72. The summed E-state index contributed by atoms with van der Waals surface area (Å²) >= 11 is 1.60. The standard InChI is InChI=1S/C23H24N2O2S/c1-17-14-19(27-25-17)15-28-21-11-6-5-10-20(21)22(26)24-16-23(12-7-13-23)18-8-3-2-4-9-18/h2-6,8-11,14H,7,12-13,15-16H2,1H3,(H,24,26). The van der Waals surface area contributed by atoms with Crippen molar-refractivity contribution in [3.05, 3.63) is 83.2 Å². The third-order valence-electron chi connectivity index (χ3n) is 5.46. The summed E-state index contributed by atoms with van der Waals surface area (Å²) in [5.74, 6) is 1.45. The second kappa shape index (κ2) is 8.23. The molecule has 0 aliphatic heterocycles. The van der Waals surface area contributed by atoms with Gasteiger partial charge in [0, 0.05) is 22.9 Å². The van der Waals surface area contributed by atoms with E-state index in [-0.39, 0.29) is 11.3 Å². The number of rotatable bonds is 7. The van der Waals surface area contributed by atoms with E-state index in [1.54, 1.807) is 11.8 Å². The SMILES string of the molecule is Cc1cc(CSc2ccccc2C(=O)NCC2(c3ccccc3)CCC2)on1. The van der Waals surface area contributed by atoms with E-state index in [0.717, 1.165) is 29.2 Å². The maximum Gasteiger partial charge on any atom is 0.252 e. The van der Waals surface area contributed by atoms with Crippen LogP contribution in [0.1, 0.15) is 46.6 Å². The van der Waals surface area contributed by atoms with E-state index >= 15 is 0 Å². The molecule has 28 heavy (non-hydrogen) atoms. The summed E-state index contributed by atoms with van der Waals surface area (Å²) in [5.41, 5.74) is 2.99. The van der Waals surface area contributed by atoms with Gasteiger partial charge >= 0.3 is 0 Å². The van der Waals surface area contributed by atoms with Gasteiger partial charge in [-0.1, -0.05) is 54.0 Å². The predicted molar refractivity (Wildman–Crippen MR) is 112 cm³/mol. The summed E-state index contributed by atoms with van der Waals surface area (Å²) in [6.45, 7) is 2.58. The average molecular weight is 393 g/mol. The topological polar surface area (TPSA) is 55.1 Å². The van der Waals surface area contributed by atoms with Gasteiger partial charge < -0.3 is 9.84 Å². The first-order valence-corrected chi connectivity index (χ1v) is 10.6. The van der Waals surface area contributed by atoms with E-state index in [0.29, 0.717) is 17.9 Å². The number of hydrogen-bond donors (Lipinski definition) is 1. The Morgan fingerprint density at radius 3 is 2.57 bits per heavy atom. The zero-order valence-corrected chi connectivity index (χ0v) is 16.8. The summed E-state index contributed by atoms with van der Waals surface area (Å²) < 4.78 is 5.28. The second-order valence-electron chi connectivity index (χ2n) is 7.40. The van der Waals surface area contributed by atoms with Crippen LogP contribution in [-0.2, 0) is 11.2 Å². The van der Waals surface area contributed by atoms with Crippen LogP contribution in [-0.4, -0.2) is 17.6 Å². The highest BCUT2D eigenvalue weighted by Gasteiger charge is 2.38. The molecule has 2 aromatic carbocycles. The zero-order chi connectivity index (χ0) is 19.4. The number of amides is 1. The minimum absolute atomic E-state index is 0.0148. The molecule has 1 heterocycles. The van der Waals surface area contributed by atoms with Crippen LogP contribution >= 0.6 is 11.8 Å². The number of benzene rings is 2. The lowest BCUT2D eigenvalue weighted by molar-refractivity contribution is 0.0925. The van der Waals surface area contributed by atoms with E-state index in [1.807, 2.05) is 43.3 Å². The normalized spacial score (nSPS) is 15.0. The van der Waals surface area contributed by atoms with Crippen molar-refractivity contribution in [2.24, 2.45) is 0 Å². The summed E-state index contributed by atoms with van der Waals surface area (Å²) in [5, 5.41) is 7.11. The van der Waals surface area contributed by atoms with Crippen LogP contribution in [0.25, 0.3) is 0 Å². The van der Waals surface area contributed by atoms with Gasteiger partial charge in [0.2, 0.25) is 0 Å². The van der Waals surface area contributed by atoms with E-state index in [2.05, 4.69) is 34.7 Å². The van der Waals surface area contributed by atoms with Gasteiger partial charge in [-0.2, -0.15) is 0 Å². The molecule has 1 fully saturated rings. The minimum atomic E-state index is -0.0148. The first kappa shape index (κ1) is 18.8. The van der Waals surface area contributed by atoms with Crippen molar-refractivity contribution in [2.75, 3.05) is 6.54 Å². The molecule has 0 radical (unpaired) electrons. The monoisotopic (exact) mass is 392 g/mol. The molecule has 3 aromatic rings. The van der Waals surface area contributed by atoms with Gasteiger partial charge in [-0.15, -0.1) is 11.8 Å². The maximum atomic E-state index is 12.9. The van der Waals surface area contributed by atoms with Gasteiger partial charge in [-0.25, -0.2) is 0 Å². The molecule has 1 amide bonds. The molecular formula is C23H24N2O2S. The van der Waals surface area contributed by atoms with Crippen LogP contribution in [0.4, 0.5) is 0 Å².